The number of hydrogen-bond acceptors (Lipinski definition) is 5. The quantitative estimate of drug-likeness (QED) is 0.742. The second kappa shape index (κ2) is 6.23. The van der Waals surface area contributed by atoms with Crippen LogP contribution in [0.4, 0.5) is 0 Å². The minimum atomic E-state index is 0.0440. The predicted molar refractivity (Wildman–Crippen MR) is 87.2 cm³/mol. The zero-order valence-corrected chi connectivity index (χ0v) is 13.0. The maximum absolute atomic E-state index is 12.5. The van der Waals surface area contributed by atoms with Gasteiger partial charge in [0.2, 0.25) is 11.7 Å². The number of rotatable bonds is 3. The normalized spacial score (nSPS) is 17.2. The molecule has 1 saturated heterocycles. The summed E-state index contributed by atoms with van der Waals surface area (Å²) in [5, 5.41) is 4.01. The van der Waals surface area contributed by atoms with E-state index in [9.17, 15) is 4.79 Å². The number of amides is 1. The van der Waals surface area contributed by atoms with Crippen molar-refractivity contribution in [1.82, 2.24) is 20.0 Å². The highest BCUT2D eigenvalue weighted by atomic mass is 16.5. The molecule has 0 radical (unpaired) electrons. The van der Waals surface area contributed by atoms with Crippen LogP contribution in [0.3, 0.4) is 0 Å². The van der Waals surface area contributed by atoms with E-state index in [1.165, 1.54) is 0 Å². The number of hydrogen-bond donors (Lipinski definition) is 0. The third-order valence-electron chi connectivity index (χ3n) is 4.18. The molecule has 24 heavy (non-hydrogen) atoms. The number of carbonyl (C=O) groups excluding carboxylic acids is 1. The Morgan fingerprint density at radius 2 is 1.96 bits per heavy atom. The summed E-state index contributed by atoms with van der Waals surface area (Å²) in [5.74, 6) is 1.17. The summed E-state index contributed by atoms with van der Waals surface area (Å²) >= 11 is 0. The van der Waals surface area contributed by atoms with Gasteiger partial charge < -0.3 is 9.42 Å². The van der Waals surface area contributed by atoms with Gasteiger partial charge in [0, 0.05) is 24.8 Å². The average molecular weight is 320 g/mol. The molecule has 0 spiro atoms. The molecular formula is C18H16N4O2. The van der Waals surface area contributed by atoms with Crippen LogP contribution in [-0.4, -0.2) is 39.0 Å². The zero-order chi connectivity index (χ0) is 16.4. The van der Waals surface area contributed by atoms with Crippen molar-refractivity contribution in [2.75, 3.05) is 13.1 Å². The fourth-order valence-corrected chi connectivity index (χ4v) is 2.91. The summed E-state index contributed by atoms with van der Waals surface area (Å²) in [6.45, 7) is 1.29. The highest BCUT2D eigenvalue weighted by molar-refractivity contribution is 5.94. The minimum absolute atomic E-state index is 0.0440. The van der Waals surface area contributed by atoms with Crippen molar-refractivity contribution in [3.63, 3.8) is 0 Å². The van der Waals surface area contributed by atoms with Gasteiger partial charge in [0.1, 0.15) is 5.69 Å². The van der Waals surface area contributed by atoms with Crippen molar-refractivity contribution < 1.29 is 9.32 Å². The Bertz CT molecular complexity index is 832. The molecule has 0 bridgehead atoms. The molecule has 3 aromatic rings. The molecule has 2 aromatic heterocycles. The predicted octanol–water partition coefficient (Wildman–Crippen LogP) is 2.76. The zero-order valence-electron chi connectivity index (χ0n) is 13.0. The summed E-state index contributed by atoms with van der Waals surface area (Å²) < 4.78 is 5.40. The van der Waals surface area contributed by atoms with Crippen LogP contribution in [0.5, 0.6) is 0 Å². The maximum atomic E-state index is 12.5. The lowest BCUT2D eigenvalue weighted by Gasteiger charge is -2.15. The van der Waals surface area contributed by atoms with Gasteiger partial charge in [-0.2, -0.15) is 4.98 Å². The van der Waals surface area contributed by atoms with Gasteiger partial charge in [-0.1, -0.05) is 29.4 Å². The first kappa shape index (κ1) is 14.6. The third-order valence-corrected chi connectivity index (χ3v) is 4.18. The van der Waals surface area contributed by atoms with Crippen LogP contribution in [0.2, 0.25) is 0 Å². The van der Waals surface area contributed by atoms with Crippen molar-refractivity contribution in [3.05, 3.63) is 66.2 Å². The lowest BCUT2D eigenvalue weighted by Crippen LogP contribution is -2.28. The van der Waals surface area contributed by atoms with Gasteiger partial charge in [0.05, 0.1) is 5.92 Å². The number of benzene rings is 1. The van der Waals surface area contributed by atoms with E-state index >= 15 is 0 Å². The third kappa shape index (κ3) is 2.78. The Morgan fingerprint density at radius 3 is 2.75 bits per heavy atom. The molecule has 1 aliphatic heterocycles. The first-order chi connectivity index (χ1) is 11.8. The Labute approximate surface area is 139 Å². The standard InChI is InChI=1S/C18H16N4O2/c23-18(13-6-2-1-3-7-13)22-11-9-14(12-22)17-20-16(21-24-17)15-8-4-5-10-19-15/h1-8,10,14H,9,11-12H2/t14-/m0/s1. The fourth-order valence-electron chi connectivity index (χ4n) is 2.91. The molecule has 1 atom stereocenters. The molecule has 120 valence electrons. The van der Waals surface area contributed by atoms with E-state index in [0.717, 1.165) is 6.42 Å². The Hall–Kier alpha value is -3.02. The van der Waals surface area contributed by atoms with Crippen LogP contribution in [0.25, 0.3) is 11.5 Å². The smallest absolute Gasteiger partial charge is 0.253 e. The van der Waals surface area contributed by atoms with Crippen molar-refractivity contribution >= 4 is 5.91 Å². The van der Waals surface area contributed by atoms with Crippen molar-refractivity contribution in [2.24, 2.45) is 0 Å². The van der Waals surface area contributed by atoms with Gasteiger partial charge in [0.15, 0.2) is 0 Å². The second-order valence-corrected chi connectivity index (χ2v) is 5.77. The molecule has 0 aliphatic carbocycles. The van der Waals surface area contributed by atoms with Crippen LogP contribution < -0.4 is 0 Å². The number of carbonyl (C=O) groups is 1. The minimum Gasteiger partial charge on any atom is -0.339 e. The molecular weight excluding hydrogens is 304 g/mol. The summed E-state index contributed by atoms with van der Waals surface area (Å²) in [6, 6.07) is 14.9. The number of likely N-dealkylation sites (tertiary alicyclic amines) is 1. The Morgan fingerprint density at radius 1 is 1.12 bits per heavy atom. The van der Waals surface area contributed by atoms with E-state index in [0.29, 0.717) is 36.1 Å². The summed E-state index contributed by atoms with van der Waals surface area (Å²) in [4.78, 5) is 23.0. The van der Waals surface area contributed by atoms with Crippen LogP contribution >= 0.6 is 0 Å². The SMILES string of the molecule is O=C(c1ccccc1)N1CC[C@H](c2nc(-c3ccccn3)no2)C1. The summed E-state index contributed by atoms with van der Waals surface area (Å²) in [7, 11) is 0. The lowest BCUT2D eigenvalue weighted by atomic mass is 10.1. The first-order valence-corrected chi connectivity index (χ1v) is 7.90. The molecule has 6 heteroatoms. The Balaban J connectivity index is 1.48. The molecule has 1 fully saturated rings. The van der Waals surface area contributed by atoms with E-state index in [2.05, 4.69) is 15.1 Å². The van der Waals surface area contributed by atoms with E-state index < -0.39 is 0 Å². The molecule has 3 heterocycles. The number of pyridine rings is 1. The van der Waals surface area contributed by atoms with Gasteiger partial charge in [-0.15, -0.1) is 0 Å². The van der Waals surface area contributed by atoms with Gasteiger partial charge in [-0.25, -0.2) is 0 Å². The molecule has 6 nitrogen and oxygen atoms in total. The van der Waals surface area contributed by atoms with E-state index in [1.54, 1.807) is 6.20 Å². The van der Waals surface area contributed by atoms with Crippen LogP contribution in [0.15, 0.2) is 59.3 Å². The molecule has 4 rings (SSSR count). The fraction of sp³-hybridized carbons (Fsp3) is 0.222. The Kier molecular flexibility index (Phi) is 3.78. The van der Waals surface area contributed by atoms with Gasteiger partial charge >= 0.3 is 0 Å². The maximum Gasteiger partial charge on any atom is 0.253 e. The molecule has 0 saturated carbocycles. The number of nitrogens with zero attached hydrogens (tertiary/aromatic N) is 4. The topological polar surface area (TPSA) is 72.1 Å². The summed E-state index contributed by atoms with van der Waals surface area (Å²) in [5.41, 5.74) is 1.39. The summed E-state index contributed by atoms with van der Waals surface area (Å²) in [6.07, 6.45) is 2.52. The van der Waals surface area contributed by atoms with Gasteiger partial charge in [-0.3, -0.25) is 9.78 Å². The molecule has 1 amide bonds. The lowest BCUT2D eigenvalue weighted by molar-refractivity contribution is 0.0789. The number of aromatic nitrogens is 3. The van der Waals surface area contributed by atoms with E-state index in [-0.39, 0.29) is 11.8 Å². The van der Waals surface area contributed by atoms with Crippen LogP contribution in [0.1, 0.15) is 28.6 Å². The van der Waals surface area contributed by atoms with Crippen molar-refractivity contribution in [2.45, 2.75) is 12.3 Å². The van der Waals surface area contributed by atoms with Gasteiger partial charge in [-0.05, 0) is 30.7 Å². The highest BCUT2D eigenvalue weighted by Gasteiger charge is 2.31. The van der Waals surface area contributed by atoms with E-state index in [4.69, 9.17) is 4.52 Å². The largest absolute Gasteiger partial charge is 0.339 e. The van der Waals surface area contributed by atoms with Gasteiger partial charge in [0.25, 0.3) is 5.91 Å². The molecule has 0 unspecified atom stereocenters. The highest BCUT2D eigenvalue weighted by Crippen LogP contribution is 2.28. The van der Waals surface area contributed by atoms with Crippen LogP contribution in [-0.2, 0) is 0 Å². The van der Waals surface area contributed by atoms with Crippen molar-refractivity contribution in [3.8, 4) is 11.5 Å². The molecule has 0 N–H and O–H groups in total. The van der Waals surface area contributed by atoms with E-state index in [1.807, 2.05) is 53.4 Å². The second-order valence-electron chi connectivity index (χ2n) is 5.77. The average Bonchev–Trinajstić information content (AvgIpc) is 3.32. The molecule has 1 aliphatic rings. The van der Waals surface area contributed by atoms with Crippen molar-refractivity contribution in [1.29, 1.82) is 0 Å². The first-order valence-electron chi connectivity index (χ1n) is 7.90. The molecule has 1 aromatic carbocycles. The monoisotopic (exact) mass is 320 g/mol. The van der Waals surface area contributed by atoms with Crippen LogP contribution in [0, 0.1) is 0 Å².